The lowest BCUT2D eigenvalue weighted by atomic mass is 10.1. The number of rotatable bonds is 8. The van der Waals surface area contributed by atoms with Crippen molar-refractivity contribution >= 4 is 21.4 Å². The largest absolute Gasteiger partial charge is 0.383 e. The number of methoxy groups -OCH3 is 1. The lowest BCUT2D eigenvalue weighted by molar-refractivity contribution is 0.159. The van der Waals surface area contributed by atoms with Gasteiger partial charge in [-0.05, 0) is 31.0 Å². The number of thiophene rings is 1. The first-order valence-corrected chi connectivity index (χ1v) is 10.1. The number of hydrogen-bond donors (Lipinski definition) is 1. The van der Waals surface area contributed by atoms with Crippen molar-refractivity contribution in [1.82, 2.24) is 14.8 Å². The van der Waals surface area contributed by atoms with Gasteiger partial charge in [-0.1, -0.05) is 5.16 Å². The highest BCUT2D eigenvalue weighted by atomic mass is 32.2. The average Bonchev–Trinajstić information content (AvgIpc) is 3.32. The highest BCUT2D eigenvalue weighted by Crippen LogP contribution is 2.29. The molecular formula is C15H21N3O4S2. The molecule has 1 fully saturated rings. The monoisotopic (exact) mass is 371 g/mol. The molecule has 1 aliphatic rings. The fourth-order valence-electron chi connectivity index (χ4n) is 2.74. The Hall–Kier alpha value is -1.26. The van der Waals surface area contributed by atoms with Crippen molar-refractivity contribution in [3.05, 3.63) is 24.5 Å². The smallest absolute Gasteiger partial charge is 0.250 e. The first-order chi connectivity index (χ1) is 11.6. The van der Waals surface area contributed by atoms with Gasteiger partial charge in [-0.15, -0.1) is 11.3 Å². The van der Waals surface area contributed by atoms with Gasteiger partial charge in [0.25, 0.3) is 0 Å². The Morgan fingerprint density at radius 1 is 1.46 bits per heavy atom. The van der Waals surface area contributed by atoms with Crippen LogP contribution in [-0.4, -0.2) is 58.4 Å². The van der Waals surface area contributed by atoms with E-state index in [1.54, 1.807) is 25.3 Å². The van der Waals surface area contributed by atoms with Crippen LogP contribution < -0.4 is 4.72 Å². The summed E-state index contributed by atoms with van der Waals surface area (Å²) in [4.78, 5) is 3.08. The van der Waals surface area contributed by atoms with Crippen molar-refractivity contribution < 1.29 is 17.7 Å². The molecule has 0 radical (unpaired) electrons. The van der Waals surface area contributed by atoms with Crippen molar-refractivity contribution in [2.75, 3.05) is 39.9 Å². The summed E-state index contributed by atoms with van der Waals surface area (Å²) in [6, 6.07) is 5.07. The predicted octanol–water partition coefficient (Wildman–Crippen LogP) is 1.65. The molecule has 1 atom stereocenters. The minimum atomic E-state index is -3.49. The molecule has 0 aromatic carbocycles. The summed E-state index contributed by atoms with van der Waals surface area (Å²) in [5.41, 5.74) is 0.644. The molecule has 9 heteroatoms. The third-order valence-electron chi connectivity index (χ3n) is 4.08. The third-order valence-corrected chi connectivity index (χ3v) is 7.10. The first-order valence-electron chi connectivity index (χ1n) is 7.80. The van der Waals surface area contributed by atoms with Gasteiger partial charge in [0.15, 0.2) is 0 Å². The van der Waals surface area contributed by atoms with E-state index in [1.807, 2.05) is 0 Å². The van der Waals surface area contributed by atoms with Crippen LogP contribution in [0.25, 0.3) is 10.6 Å². The van der Waals surface area contributed by atoms with Crippen molar-refractivity contribution in [3.8, 4) is 10.6 Å². The molecular weight excluding hydrogens is 350 g/mol. The van der Waals surface area contributed by atoms with E-state index in [4.69, 9.17) is 9.26 Å². The Labute approximate surface area is 145 Å². The number of sulfonamides is 1. The van der Waals surface area contributed by atoms with E-state index in [0.717, 1.165) is 30.9 Å². The minimum Gasteiger partial charge on any atom is -0.383 e. The normalized spacial score (nSPS) is 19.1. The molecule has 3 rings (SSSR count). The fourth-order valence-corrected chi connectivity index (χ4v) is 5.17. The van der Waals surface area contributed by atoms with Crippen LogP contribution in [0.4, 0.5) is 0 Å². The zero-order valence-electron chi connectivity index (χ0n) is 13.5. The molecule has 2 aromatic heterocycles. The summed E-state index contributed by atoms with van der Waals surface area (Å²) in [6.45, 7) is 3.96. The molecule has 1 N–H and O–H groups in total. The second-order valence-electron chi connectivity index (χ2n) is 5.80. The summed E-state index contributed by atoms with van der Waals surface area (Å²) in [5, 5.41) is 3.83. The van der Waals surface area contributed by atoms with E-state index in [0.29, 0.717) is 29.0 Å². The van der Waals surface area contributed by atoms with Crippen LogP contribution in [0.5, 0.6) is 0 Å². The van der Waals surface area contributed by atoms with Crippen molar-refractivity contribution in [2.45, 2.75) is 10.6 Å². The number of nitrogens with one attached hydrogen (secondary N) is 1. The lowest BCUT2D eigenvalue weighted by Gasteiger charge is -2.15. The molecule has 132 valence electrons. The molecule has 0 spiro atoms. The molecule has 0 aliphatic carbocycles. The topological polar surface area (TPSA) is 84.7 Å². The van der Waals surface area contributed by atoms with Crippen LogP contribution in [0.1, 0.15) is 6.42 Å². The van der Waals surface area contributed by atoms with Crippen LogP contribution in [0.15, 0.2) is 33.2 Å². The van der Waals surface area contributed by atoms with Crippen molar-refractivity contribution in [3.63, 3.8) is 0 Å². The van der Waals surface area contributed by atoms with E-state index in [9.17, 15) is 8.42 Å². The molecule has 7 nitrogen and oxygen atoms in total. The van der Waals surface area contributed by atoms with E-state index in [1.165, 1.54) is 17.6 Å². The highest BCUT2D eigenvalue weighted by molar-refractivity contribution is 7.91. The Bertz CT molecular complexity index is 743. The van der Waals surface area contributed by atoms with Crippen LogP contribution >= 0.6 is 11.3 Å². The molecule has 3 heterocycles. The van der Waals surface area contributed by atoms with E-state index < -0.39 is 10.0 Å². The number of likely N-dealkylation sites (tertiary alicyclic amines) is 1. The third kappa shape index (κ3) is 4.22. The highest BCUT2D eigenvalue weighted by Gasteiger charge is 2.25. The van der Waals surface area contributed by atoms with Gasteiger partial charge < -0.3 is 14.2 Å². The maximum absolute atomic E-state index is 12.4. The number of hydrogen-bond acceptors (Lipinski definition) is 7. The molecule has 1 saturated heterocycles. The summed E-state index contributed by atoms with van der Waals surface area (Å²) in [6.07, 6.45) is 2.47. The van der Waals surface area contributed by atoms with Crippen molar-refractivity contribution in [1.29, 1.82) is 0 Å². The maximum atomic E-state index is 12.4. The lowest BCUT2D eigenvalue weighted by Crippen LogP contribution is -2.31. The molecule has 0 bridgehead atoms. The molecule has 24 heavy (non-hydrogen) atoms. The Balaban J connectivity index is 1.55. The SMILES string of the molecule is COCCN1CC[C@H](CNS(=O)(=O)c2ccc(-c3ccon3)s2)C1. The number of ether oxygens (including phenoxy) is 1. The van der Waals surface area contributed by atoms with Crippen LogP contribution in [0, 0.1) is 5.92 Å². The van der Waals surface area contributed by atoms with Gasteiger partial charge in [0.1, 0.15) is 16.2 Å². The predicted molar refractivity (Wildman–Crippen MR) is 91.4 cm³/mol. The second-order valence-corrected chi connectivity index (χ2v) is 8.88. The Kier molecular flexibility index (Phi) is 5.67. The zero-order valence-corrected chi connectivity index (χ0v) is 15.1. The number of aromatic nitrogens is 1. The van der Waals surface area contributed by atoms with Crippen molar-refractivity contribution in [2.24, 2.45) is 5.92 Å². The van der Waals surface area contributed by atoms with Crippen LogP contribution in [-0.2, 0) is 14.8 Å². The molecule has 2 aromatic rings. The van der Waals surface area contributed by atoms with Gasteiger partial charge in [0, 0.05) is 32.8 Å². The summed E-state index contributed by atoms with van der Waals surface area (Å²) in [7, 11) is -1.79. The summed E-state index contributed by atoms with van der Waals surface area (Å²) >= 11 is 1.19. The number of nitrogens with zero attached hydrogens (tertiary/aromatic N) is 2. The quantitative estimate of drug-likeness (QED) is 0.759. The molecule has 0 unspecified atom stereocenters. The summed E-state index contributed by atoms with van der Waals surface area (Å²) < 4.78 is 37.8. The zero-order chi connectivity index (χ0) is 17.0. The van der Waals surface area contributed by atoms with Crippen LogP contribution in [0.3, 0.4) is 0 Å². The van der Waals surface area contributed by atoms with E-state index in [2.05, 4.69) is 14.8 Å². The minimum absolute atomic E-state index is 0.301. The Morgan fingerprint density at radius 3 is 3.08 bits per heavy atom. The maximum Gasteiger partial charge on any atom is 0.250 e. The molecule has 1 aliphatic heterocycles. The second kappa shape index (κ2) is 7.75. The van der Waals surface area contributed by atoms with Gasteiger partial charge in [-0.3, -0.25) is 0 Å². The first kappa shape index (κ1) is 17.6. The van der Waals surface area contributed by atoms with Crippen LogP contribution in [0.2, 0.25) is 0 Å². The van der Waals surface area contributed by atoms with E-state index in [-0.39, 0.29) is 0 Å². The molecule has 0 amide bonds. The van der Waals surface area contributed by atoms with E-state index >= 15 is 0 Å². The Morgan fingerprint density at radius 2 is 2.33 bits per heavy atom. The van der Waals surface area contributed by atoms with Gasteiger partial charge in [-0.2, -0.15) is 0 Å². The summed E-state index contributed by atoms with van der Waals surface area (Å²) in [5.74, 6) is 0.339. The van der Waals surface area contributed by atoms with Gasteiger partial charge in [-0.25, -0.2) is 13.1 Å². The standard InChI is InChI=1S/C15H21N3O4S2/c1-21-9-7-18-6-4-12(11-18)10-16-24(19,20)15-3-2-14(23-15)13-5-8-22-17-13/h2-3,5,8,12,16H,4,6-7,9-11H2,1H3/t12-/m1/s1. The van der Waals surface area contributed by atoms with Gasteiger partial charge >= 0.3 is 0 Å². The fraction of sp³-hybridized carbons (Fsp3) is 0.533. The average molecular weight is 371 g/mol. The molecule has 0 saturated carbocycles. The van der Waals surface area contributed by atoms with Gasteiger partial charge in [0.2, 0.25) is 10.0 Å². The van der Waals surface area contributed by atoms with Gasteiger partial charge in [0.05, 0.1) is 11.5 Å².